The number of aliphatic hydroxyl groups excluding tert-OH is 1. The first kappa shape index (κ1) is 23.9. The molecule has 0 heterocycles. The van der Waals surface area contributed by atoms with Gasteiger partial charge in [0, 0.05) is 6.42 Å². The van der Waals surface area contributed by atoms with Crippen LogP contribution in [0.25, 0.3) is 0 Å². The Balaban J connectivity index is 3.80. The van der Waals surface area contributed by atoms with Crippen LogP contribution in [0.4, 0.5) is 0 Å². The maximum absolute atomic E-state index is 12.1. The number of carboxylic acid groups (broad SMARTS) is 1. The van der Waals surface area contributed by atoms with Crippen molar-refractivity contribution in [2.24, 2.45) is 5.92 Å². The van der Waals surface area contributed by atoms with E-state index in [2.05, 4.69) is 6.92 Å². The summed E-state index contributed by atoms with van der Waals surface area (Å²) < 4.78 is 5.12. The largest absolute Gasteiger partial charge is 0.481 e. The van der Waals surface area contributed by atoms with Gasteiger partial charge in [-0.05, 0) is 19.3 Å². The van der Waals surface area contributed by atoms with Crippen molar-refractivity contribution in [2.45, 2.75) is 96.8 Å². The van der Waals surface area contributed by atoms with Crippen LogP contribution in [0, 0.1) is 5.92 Å². The van der Waals surface area contributed by atoms with Crippen LogP contribution < -0.4 is 0 Å². The average Bonchev–Trinajstić information content (AvgIpc) is 2.59. The topological polar surface area (TPSA) is 83.8 Å². The first-order chi connectivity index (χ1) is 12.1. The number of ether oxygens (including phenoxy) is 1. The molecule has 2 N–H and O–H groups in total. The highest BCUT2D eigenvalue weighted by Crippen LogP contribution is 2.20. The van der Waals surface area contributed by atoms with Crippen molar-refractivity contribution >= 4 is 11.9 Å². The molecule has 0 aliphatic heterocycles. The number of carbonyl (C=O) groups excluding carboxylic acids is 1. The number of hydrogen-bond donors (Lipinski definition) is 2. The summed E-state index contributed by atoms with van der Waals surface area (Å²) in [6.45, 7) is 2.16. The van der Waals surface area contributed by atoms with E-state index in [9.17, 15) is 9.59 Å². The molecule has 148 valence electrons. The van der Waals surface area contributed by atoms with Gasteiger partial charge in [-0.1, -0.05) is 71.1 Å². The summed E-state index contributed by atoms with van der Waals surface area (Å²) in [5.74, 6) is -0.892. The second-order valence-corrected chi connectivity index (χ2v) is 6.84. The Hall–Kier alpha value is -1.10. The number of carbonyl (C=O) groups is 2. The maximum atomic E-state index is 12.1. The molecule has 0 aromatic carbocycles. The normalized spacial score (nSPS) is 12.1. The predicted octanol–water partition coefficient (Wildman–Crippen LogP) is 4.70. The van der Waals surface area contributed by atoms with Gasteiger partial charge in [-0.15, -0.1) is 0 Å². The zero-order chi connectivity index (χ0) is 18.8. The van der Waals surface area contributed by atoms with Crippen LogP contribution in [-0.2, 0) is 14.3 Å². The van der Waals surface area contributed by atoms with Crippen LogP contribution in [-0.4, -0.2) is 35.4 Å². The lowest BCUT2D eigenvalue weighted by Crippen LogP contribution is -2.19. The van der Waals surface area contributed by atoms with Crippen LogP contribution in [0.1, 0.15) is 96.8 Å². The summed E-state index contributed by atoms with van der Waals surface area (Å²) in [6.07, 6.45) is 13.9. The van der Waals surface area contributed by atoms with E-state index in [-0.39, 0.29) is 31.5 Å². The molecule has 0 fully saturated rings. The SMILES string of the molecule is CCCCCCC(CCCCCCCCCC(=O)O)C(=O)OCCO. The van der Waals surface area contributed by atoms with Gasteiger partial charge in [-0.2, -0.15) is 0 Å². The smallest absolute Gasteiger partial charge is 0.309 e. The first-order valence-electron chi connectivity index (χ1n) is 10.1. The number of carboxylic acids is 1. The number of unbranched alkanes of at least 4 members (excludes halogenated alkanes) is 9. The van der Waals surface area contributed by atoms with E-state index in [0.29, 0.717) is 0 Å². The lowest BCUT2D eigenvalue weighted by molar-refractivity contribution is -0.150. The zero-order valence-corrected chi connectivity index (χ0v) is 16.0. The molecular weight excluding hydrogens is 320 g/mol. The Labute approximate surface area is 153 Å². The van der Waals surface area contributed by atoms with Gasteiger partial charge in [0.05, 0.1) is 12.5 Å². The minimum absolute atomic E-state index is 0.0287. The molecule has 0 saturated carbocycles. The van der Waals surface area contributed by atoms with Gasteiger partial charge in [0.25, 0.3) is 0 Å². The molecule has 0 saturated heterocycles. The van der Waals surface area contributed by atoms with Gasteiger partial charge in [-0.25, -0.2) is 0 Å². The Morgan fingerprint density at radius 1 is 0.840 bits per heavy atom. The van der Waals surface area contributed by atoms with E-state index in [1.165, 1.54) is 12.8 Å². The molecule has 0 aliphatic carbocycles. The molecule has 5 heteroatoms. The van der Waals surface area contributed by atoms with Gasteiger partial charge >= 0.3 is 11.9 Å². The lowest BCUT2D eigenvalue weighted by atomic mass is 9.94. The van der Waals surface area contributed by atoms with Crippen LogP contribution in [0.3, 0.4) is 0 Å². The van der Waals surface area contributed by atoms with Crippen molar-refractivity contribution in [1.29, 1.82) is 0 Å². The van der Waals surface area contributed by atoms with Crippen molar-refractivity contribution in [3.8, 4) is 0 Å². The third-order valence-electron chi connectivity index (χ3n) is 4.52. The zero-order valence-electron chi connectivity index (χ0n) is 16.0. The van der Waals surface area contributed by atoms with Gasteiger partial charge < -0.3 is 14.9 Å². The van der Waals surface area contributed by atoms with E-state index in [1.54, 1.807) is 0 Å². The van der Waals surface area contributed by atoms with Crippen molar-refractivity contribution in [3.63, 3.8) is 0 Å². The molecule has 0 amide bonds. The Bertz CT molecular complexity index is 330. The molecule has 0 bridgehead atoms. The second-order valence-electron chi connectivity index (χ2n) is 6.84. The highest BCUT2D eigenvalue weighted by molar-refractivity contribution is 5.72. The van der Waals surface area contributed by atoms with Crippen LogP contribution >= 0.6 is 0 Å². The third kappa shape index (κ3) is 16.1. The molecular formula is C20H38O5. The fourth-order valence-corrected chi connectivity index (χ4v) is 3.01. The summed E-state index contributed by atoms with van der Waals surface area (Å²) in [5.41, 5.74) is 0. The van der Waals surface area contributed by atoms with Crippen LogP contribution in [0.5, 0.6) is 0 Å². The van der Waals surface area contributed by atoms with Crippen LogP contribution in [0.2, 0.25) is 0 Å². The fraction of sp³-hybridized carbons (Fsp3) is 0.900. The first-order valence-corrected chi connectivity index (χ1v) is 10.1. The van der Waals surface area contributed by atoms with E-state index < -0.39 is 5.97 Å². The Morgan fingerprint density at radius 3 is 1.88 bits per heavy atom. The minimum Gasteiger partial charge on any atom is -0.481 e. The molecule has 5 nitrogen and oxygen atoms in total. The summed E-state index contributed by atoms with van der Waals surface area (Å²) in [4.78, 5) is 22.5. The molecule has 25 heavy (non-hydrogen) atoms. The van der Waals surface area contributed by atoms with E-state index in [1.807, 2.05) is 0 Å². The fourth-order valence-electron chi connectivity index (χ4n) is 3.01. The quantitative estimate of drug-likeness (QED) is 0.274. The lowest BCUT2D eigenvalue weighted by Gasteiger charge is -2.15. The van der Waals surface area contributed by atoms with Gasteiger partial charge in [0.2, 0.25) is 0 Å². The van der Waals surface area contributed by atoms with E-state index >= 15 is 0 Å². The highest BCUT2D eigenvalue weighted by Gasteiger charge is 2.19. The van der Waals surface area contributed by atoms with Crippen molar-refractivity contribution in [3.05, 3.63) is 0 Å². The Morgan fingerprint density at radius 2 is 1.36 bits per heavy atom. The summed E-state index contributed by atoms with van der Waals surface area (Å²) in [7, 11) is 0. The number of aliphatic hydroxyl groups is 1. The molecule has 0 aromatic rings. The maximum Gasteiger partial charge on any atom is 0.309 e. The number of hydrogen-bond acceptors (Lipinski definition) is 4. The number of esters is 1. The highest BCUT2D eigenvalue weighted by atomic mass is 16.5. The molecule has 0 radical (unpaired) electrons. The van der Waals surface area contributed by atoms with Gasteiger partial charge in [0.15, 0.2) is 0 Å². The van der Waals surface area contributed by atoms with Crippen molar-refractivity contribution in [2.75, 3.05) is 13.2 Å². The predicted molar refractivity (Wildman–Crippen MR) is 99.5 cm³/mol. The molecule has 0 aliphatic rings. The molecule has 0 rings (SSSR count). The average molecular weight is 359 g/mol. The van der Waals surface area contributed by atoms with Crippen molar-refractivity contribution < 1.29 is 24.5 Å². The van der Waals surface area contributed by atoms with E-state index in [0.717, 1.165) is 70.6 Å². The molecule has 0 aromatic heterocycles. The van der Waals surface area contributed by atoms with E-state index in [4.69, 9.17) is 14.9 Å². The summed E-state index contributed by atoms with van der Waals surface area (Å²) in [5, 5.41) is 17.4. The summed E-state index contributed by atoms with van der Waals surface area (Å²) >= 11 is 0. The number of aliphatic carboxylic acids is 1. The monoisotopic (exact) mass is 358 g/mol. The molecule has 1 unspecified atom stereocenters. The van der Waals surface area contributed by atoms with Gasteiger partial charge in [0.1, 0.15) is 6.61 Å². The van der Waals surface area contributed by atoms with Gasteiger partial charge in [-0.3, -0.25) is 9.59 Å². The minimum atomic E-state index is -0.710. The summed E-state index contributed by atoms with van der Waals surface area (Å²) in [6, 6.07) is 0. The third-order valence-corrected chi connectivity index (χ3v) is 4.52. The molecule has 1 atom stereocenters. The number of rotatable bonds is 18. The second kappa shape index (κ2) is 17.7. The van der Waals surface area contributed by atoms with Crippen molar-refractivity contribution in [1.82, 2.24) is 0 Å². The standard InChI is InChI=1S/C20H38O5/c1-2-3-4-10-13-18(20(24)25-17-16-21)14-11-8-6-5-7-9-12-15-19(22)23/h18,21H,2-17H2,1H3,(H,22,23). The molecule has 0 spiro atoms. The van der Waals surface area contributed by atoms with Crippen LogP contribution in [0.15, 0.2) is 0 Å². The Kier molecular flexibility index (Phi) is 16.9.